The minimum absolute atomic E-state index is 0.110. The van der Waals surface area contributed by atoms with Crippen LogP contribution < -0.4 is 0 Å². The monoisotopic (exact) mass is 405 g/mol. The van der Waals surface area contributed by atoms with Crippen LogP contribution in [0.4, 0.5) is 13.2 Å². The fraction of sp³-hybridized carbons (Fsp3) is 0.143. The molecule has 28 heavy (non-hydrogen) atoms. The van der Waals surface area contributed by atoms with Crippen LogP contribution >= 0.6 is 0 Å². The predicted octanol–water partition coefficient (Wildman–Crippen LogP) is 5.10. The Hall–Kier alpha value is -2.64. The standard InChI is InChI=1S/C21H18F3NO2S/c22-21(23,24)19-11-13-20(14-12-19)28(26,27)25(15-17-7-3-1-4-8-17)16-18-9-5-2-6-10-18/h1-14H,15-16H2. The predicted molar refractivity (Wildman–Crippen MR) is 101 cm³/mol. The lowest BCUT2D eigenvalue weighted by Gasteiger charge is -2.23. The third-order valence-corrected chi connectivity index (χ3v) is 6.03. The van der Waals surface area contributed by atoms with E-state index in [9.17, 15) is 21.6 Å². The molecule has 3 rings (SSSR count). The highest BCUT2D eigenvalue weighted by Crippen LogP contribution is 2.30. The fourth-order valence-electron chi connectivity index (χ4n) is 2.76. The van der Waals surface area contributed by atoms with E-state index in [1.54, 1.807) is 48.5 Å². The number of hydrogen-bond donors (Lipinski definition) is 0. The van der Waals surface area contributed by atoms with Crippen molar-refractivity contribution < 1.29 is 21.6 Å². The summed E-state index contributed by atoms with van der Waals surface area (Å²) < 4.78 is 65.9. The normalized spacial score (nSPS) is 12.3. The molecule has 0 radical (unpaired) electrons. The summed E-state index contributed by atoms with van der Waals surface area (Å²) in [5.74, 6) is 0. The zero-order chi connectivity index (χ0) is 20.2. The Morgan fingerprint density at radius 3 is 1.50 bits per heavy atom. The first kappa shape index (κ1) is 20.1. The average molecular weight is 405 g/mol. The molecule has 0 spiro atoms. The van der Waals surface area contributed by atoms with Crippen molar-refractivity contribution in [1.29, 1.82) is 0 Å². The summed E-state index contributed by atoms with van der Waals surface area (Å²) in [6.07, 6.45) is -4.52. The van der Waals surface area contributed by atoms with Crippen LogP contribution in [-0.4, -0.2) is 12.7 Å². The first-order valence-corrected chi connectivity index (χ1v) is 9.96. The van der Waals surface area contributed by atoms with Crippen molar-refractivity contribution >= 4 is 10.0 Å². The number of benzene rings is 3. The van der Waals surface area contributed by atoms with Gasteiger partial charge in [0.25, 0.3) is 0 Å². The largest absolute Gasteiger partial charge is 0.416 e. The maximum absolute atomic E-state index is 13.1. The molecule has 0 aromatic heterocycles. The average Bonchev–Trinajstić information content (AvgIpc) is 2.68. The van der Waals surface area contributed by atoms with Gasteiger partial charge in [-0.2, -0.15) is 17.5 Å². The van der Waals surface area contributed by atoms with Crippen molar-refractivity contribution in [1.82, 2.24) is 4.31 Å². The van der Waals surface area contributed by atoms with Crippen LogP contribution in [0.25, 0.3) is 0 Å². The minimum Gasteiger partial charge on any atom is -0.207 e. The molecule has 0 heterocycles. The van der Waals surface area contributed by atoms with E-state index in [1.165, 1.54) is 4.31 Å². The molecule has 0 bridgehead atoms. The van der Waals surface area contributed by atoms with Gasteiger partial charge in [-0.25, -0.2) is 8.42 Å². The van der Waals surface area contributed by atoms with Crippen molar-refractivity contribution in [2.75, 3.05) is 0 Å². The van der Waals surface area contributed by atoms with Crippen molar-refractivity contribution in [3.8, 4) is 0 Å². The summed E-state index contributed by atoms with van der Waals surface area (Å²) in [5, 5.41) is 0. The zero-order valence-electron chi connectivity index (χ0n) is 14.8. The Morgan fingerprint density at radius 2 is 1.11 bits per heavy atom. The van der Waals surface area contributed by atoms with E-state index in [4.69, 9.17) is 0 Å². The van der Waals surface area contributed by atoms with E-state index in [1.807, 2.05) is 12.1 Å². The molecular formula is C21H18F3NO2S. The van der Waals surface area contributed by atoms with Gasteiger partial charge in [0.15, 0.2) is 0 Å². The van der Waals surface area contributed by atoms with Crippen LogP contribution in [-0.2, 0) is 29.3 Å². The van der Waals surface area contributed by atoms with E-state index in [-0.39, 0.29) is 18.0 Å². The van der Waals surface area contributed by atoms with Gasteiger partial charge in [-0.1, -0.05) is 60.7 Å². The van der Waals surface area contributed by atoms with Crippen LogP contribution in [0.3, 0.4) is 0 Å². The first-order valence-electron chi connectivity index (χ1n) is 8.52. The number of sulfonamides is 1. The molecule has 0 unspecified atom stereocenters. The van der Waals surface area contributed by atoms with E-state index in [0.29, 0.717) is 0 Å². The minimum atomic E-state index is -4.52. The third kappa shape index (κ3) is 4.79. The molecule has 0 saturated carbocycles. The summed E-state index contributed by atoms with van der Waals surface area (Å²) >= 11 is 0. The number of alkyl halides is 3. The van der Waals surface area contributed by atoms with Gasteiger partial charge >= 0.3 is 6.18 Å². The molecule has 146 valence electrons. The highest BCUT2D eigenvalue weighted by molar-refractivity contribution is 7.89. The van der Waals surface area contributed by atoms with Gasteiger partial charge in [0.05, 0.1) is 10.5 Å². The van der Waals surface area contributed by atoms with Gasteiger partial charge in [0.1, 0.15) is 0 Å². The van der Waals surface area contributed by atoms with E-state index < -0.39 is 21.8 Å². The lowest BCUT2D eigenvalue weighted by Crippen LogP contribution is -2.30. The van der Waals surface area contributed by atoms with E-state index in [2.05, 4.69) is 0 Å². The topological polar surface area (TPSA) is 37.4 Å². The quantitative estimate of drug-likeness (QED) is 0.572. The van der Waals surface area contributed by atoms with Crippen molar-refractivity contribution in [3.63, 3.8) is 0 Å². The molecule has 0 fully saturated rings. The lowest BCUT2D eigenvalue weighted by atomic mass is 10.2. The molecule has 7 heteroatoms. The van der Waals surface area contributed by atoms with Crippen LogP contribution in [0, 0.1) is 0 Å². The Labute approximate surface area is 162 Å². The van der Waals surface area contributed by atoms with Crippen molar-refractivity contribution in [2.45, 2.75) is 24.2 Å². The Morgan fingerprint density at radius 1 is 0.679 bits per heavy atom. The summed E-state index contributed by atoms with van der Waals surface area (Å²) in [7, 11) is -3.99. The number of rotatable bonds is 6. The molecule has 3 aromatic carbocycles. The molecule has 3 aromatic rings. The highest BCUT2D eigenvalue weighted by atomic mass is 32.2. The lowest BCUT2D eigenvalue weighted by molar-refractivity contribution is -0.137. The van der Waals surface area contributed by atoms with E-state index in [0.717, 1.165) is 35.4 Å². The van der Waals surface area contributed by atoms with Gasteiger partial charge in [-0.3, -0.25) is 0 Å². The molecule has 0 saturated heterocycles. The van der Waals surface area contributed by atoms with Crippen molar-refractivity contribution in [2.24, 2.45) is 0 Å². The highest BCUT2D eigenvalue weighted by Gasteiger charge is 2.31. The zero-order valence-corrected chi connectivity index (χ0v) is 15.6. The third-order valence-electron chi connectivity index (χ3n) is 4.22. The second-order valence-corrected chi connectivity index (χ2v) is 8.20. The molecule has 0 amide bonds. The second kappa shape index (κ2) is 8.16. The first-order chi connectivity index (χ1) is 13.3. The number of nitrogens with zero attached hydrogens (tertiary/aromatic N) is 1. The fourth-order valence-corrected chi connectivity index (χ4v) is 4.18. The van der Waals surface area contributed by atoms with Crippen molar-refractivity contribution in [3.05, 3.63) is 102 Å². The maximum atomic E-state index is 13.1. The van der Waals surface area contributed by atoms with Gasteiger partial charge in [0.2, 0.25) is 10.0 Å². The van der Waals surface area contributed by atoms with Crippen LogP contribution in [0.1, 0.15) is 16.7 Å². The van der Waals surface area contributed by atoms with Crippen LogP contribution in [0.15, 0.2) is 89.8 Å². The smallest absolute Gasteiger partial charge is 0.207 e. The summed E-state index contributed by atoms with van der Waals surface area (Å²) in [4.78, 5) is -0.174. The Kier molecular flexibility index (Phi) is 5.86. The maximum Gasteiger partial charge on any atom is 0.416 e. The summed E-state index contributed by atoms with van der Waals surface area (Å²) in [6, 6.07) is 21.7. The van der Waals surface area contributed by atoms with Gasteiger partial charge < -0.3 is 0 Å². The SMILES string of the molecule is O=S(=O)(c1ccc(C(F)(F)F)cc1)N(Cc1ccccc1)Cc1ccccc1. The van der Waals surface area contributed by atoms with Gasteiger partial charge in [-0.15, -0.1) is 0 Å². The van der Waals surface area contributed by atoms with Crippen LogP contribution in [0.2, 0.25) is 0 Å². The summed E-state index contributed by atoms with van der Waals surface area (Å²) in [5.41, 5.74) is 0.687. The molecule has 0 atom stereocenters. The van der Waals surface area contributed by atoms with E-state index >= 15 is 0 Å². The molecule has 3 nitrogen and oxygen atoms in total. The number of halogens is 3. The number of hydrogen-bond acceptors (Lipinski definition) is 2. The second-order valence-electron chi connectivity index (χ2n) is 6.27. The van der Waals surface area contributed by atoms with Gasteiger partial charge in [0, 0.05) is 13.1 Å². The molecule has 0 N–H and O–H groups in total. The Bertz CT molecular complexity index is 962. The summed E-state index contributed by atoms with van der Waals surface area (Å²) in [6.45, 7) is 0.220. The molecular weight excluding hydrogens is 387 g/mol. The molecule has 0 aliphatic heterocycles. The molecule has 0 aliphatic rings. The van der Waals surface area contributed by atoms with Gasteiger partial charge in [-0.05, 0) is 35.4 Å². The Balaban J connectivity index is 1.95. The van der Waals surface area contributed by atoms with Crippen LogP contribution in [0.5, 0.6) is 0 Å². The molecule has 0 aliphatic carbocycles.